The van der Waals surface area contributed by atoms with Crippen LogP contribution in [0.15, 0.2) is 35.3 Å². The number of ether oxygens (including phenoxy) is 5. The molecular weight excluding hydrogens is 410 g/mol. The molecule has 168 valence electrons. The second-order valence-electron chi connectivity index (χ2n) is 8.29. The van der Waals surface area contributed by atoms with Crippen LogP contribution in [0.25, 0.3) is 0 Å². The van der Waals surface area contributed by atoms with E-state index >= 15 is 0 Å². The SMILES string of the molecule is CCOc1cc2c(cc1OC)C(c1ccc3c(c1)OCO3)=NC1CCC(OC(C)=O)CC21. The van der Waals surface area contributed by atoms with Gasteiger partial charge in [-0.3, -0.25) is 9.79 Å². The Morgan fingerprint density at radius 3 is 2.75 bits per heavy atom. The molecule has 32 heavy (non-hydrogen) atoms. The third-order valence-corrected chi connectivity index (χ3v) is 6.33. The summed E-state index contributed by atoms with van der Waals surface area (Å²) < 4.78 is 28.2. The van der Waals surface area contributed by atoms with Gasteiger partial charge in [-0.2, -0.15) is 0 Å². The molecule has 0 spiro atoms. The fourth-order valence-corrected chi connectivity index (χ4v) is 4.97. The van der Waals surface area contributed by atoms with Crippen LogP contribution in [0.3, 0.4) is 0 Å². The van der Waals surface area contributed by atoms with Gasteiger partial charge in [-0.25, -0.2) is 0 Å². The number of methoxy groups -OCH3 is 1. The number of benzene rings is 2. The Morgan fingerprint density at radius 2 is 1.97 bits per heavy atom. The van der Waals surface area contributed by atoms with Crippen molar-refractivity contribution in [2.45, 2.75) is 51.2 Å². The number of esters is 1. The highest BCUT2D eigenvalue weighted by Crippen LogP contribution is 2.46. The van der Waals surface area contributed by atoms with Crippen LogP contribution in [0.2, 0.25) is 0 Å². The molecule has 0 N–H and O–H groups in total. The fourth-order valence-electron chi connectivity index (χ4n) is 4.97. The fraction of sp³-hybridized carbons (Fsp3) is 0.440. The van der Waals surface area contributed by atoms with E-state index in [2.05, 4.69) is 6.07 Å². The quantitative estimate of drug-likeness (QED) is 0.652. The first-order valence-corrected chi connectivity index (χ1v) is 11.1. The summed E-state index contributed by atoms with van der Waals surface area (Å²) in [7, 11) is 1.64. The summed E-state index contributed by atoms with van der Waals surface area (Å²) in [5.41, 5.74) is 4.04. The van der Waals surface area contributed by atoms with Crippen LogP contribution in [0.1, 0.15) is 55.7 Å². The lowest BCUT2D eigenvalue weighted by Gasteiger charge is -2.38. The molecule has 0 amide bonds. The third-order valence-electron chi connectivity index (χ3n) is 6.33. The van der Waals surface area contributed by atoms with E-state index in [1.54, 1.807) is 7.11 Å². The van der Waals surface area contributed by atoms with Crippen molar-refractivity contribution in [3.63, 3.8) is 0 Å². The van der Waals surface area contributed by atoms with E-state index in [1.807, 2.05) is 31.2 Å². The molecule has 7 nitrogen and oxygen atoms in total. The van der Waals surface area contributed by atoms with Crippen molar-refractivity contribution in [1.29, 1.82) is 0 Å². The molecule has 2 aromatic rings. The molecule has 0 radical (unpaired) electrons. The van der Waals surface area contributed by atoms with E-state index in [0.717, 1.165) is 53.2 Å². The number of carbonyl (C=O) groups excluding carboxylic acids is 1. The van der Waals surface area contributed by atoms with Gasteiger partial charge in [0, 0.05) is 24.0 Å². The van der Waals surface area contributed by atoms with Gasteiger partial charge in [0.1, 0.15) is 6.10 Å². The summed E-state index contributed by atoms with van der Waals surface area (Å²) in [6.45, 7) is 4.20. The second kappa shape index (κ2) is 8.37. The zero-order valence-electron chi connectivity index (χ0n) is 18.6. The molecular formula is C25H27NO6. The van der Waals surface area contributed by atoms with Crippen LogP contribution in [0.5, 0.6) is 23.0 Å². The van der Waals surface area contributed by atoms with Crippen LogP contribution >= 0.6 is 0 Å². The van der Waals surface area contributed by atoms with E-state index in [4.69, 9.17) is 28.7 Å². The number of carbonyl (C=O) groups is 1. The summed E-state index contributed by atoms with van der Waals surface area (Å²) in [5.74, 6) is 2.77. The second-order valence-corrected chi connectivity index (χ2v) is 8.29. The molecule has 5 rings (SSSR count). The smallest absolute Gasteiger partial charge is 0.302 e. The standard InChI is InChI=1S/C25H27NO6/c1-4-29-24-11-17-18-10-16(32-14(2)27)6-7-20(18)26-25(19(17)12-22(24)28-3)15-5-8-21-23(9-15)31-13-30-21/h5,8-9,11-12,16,18,20H,4,6-7,10,13H2,1-3H3. The van der Waals surface area contributed by atoms with E-state index in [-0.39, 0.29) is 30.8 Å². The van der Waals surface area contributed by atoms with Crippen molar-refractivity contribution in [2.75, 3.05) is 20.5 Å². The number of fused-ring (bicyclic) bond motifs is 4. The lowest BCUT2D eigenvalue weighted by molar-refractivity contribution is -0.148. The monoisotopic (exact) mass is 437 g/mol. The Morgan fingerprint density at radius 1 is 1.12 bits per heavy atom. The van der Waals surface area contributed by atoms with Crippen LogP contribution < -0.4 is 18.9 Å². The highest BCUT2D eigenvalue weighted by atomic mass is 16.7. The molecule has 3 atom stereocenters. The van der Waals surface area contributed by atoms with Crippen LogP contribution in [-0.4, -0.2) is 44.3 Å². The van der Waals surface area contributed by atoms with Gasteiger partial charge in [0.2, 0.25) is 6.79 Å². The molecule has 1 aliphatic carbocycles. The number of nitrogens with zero attached hydrogens (tertiary/aromatic N) is 1. The molecule has 2 aliphatic heterocycles. The summed E-state index contributed by atoms with van der Waals surface area (Å²) in [4.78, 5) is 16.8. The van der Waals surface area contributed by atoms with Gasteiger partial charge >= 0.3 is 5.97 Å². The van der Waals surface area contributed by atoms with E-state index < -0.39 is 0 Å². The Labute approximate surface area is 187 Å². The van der Waals surface area contributed by atoms with Crippen molar-refractivity contribution in [1.82, 2.24) is 0 Å². The highest BCUT2D eigenvalue weighted by Gasteiger charge is 2.39. The average Bonchev–Trinajstić information content (AvgIpc) is 3.26. The number of hydrogen-bond acceptors (Lipinski definition) is 7. The van der Waals surface area contributed by atoms with Crippen molar-refractivity contribution in [3.8, 4) is 23.0 Å². The average molecular weight is 437 g/mol. The minimum absolute atomic E-state index is 0.0958. The van der Waals surface area contributed by atoms with Gasteiger partial charge in [0.05, 0.1) is 25.5 Å². The molecule has 0 bridgehead atoms. The van der Waals surface area contributed by atoms with Crippen molar-refractivity contribution in [3.05, 3.63) is 47.0 Å². The molecule has 7 heteroatoms. The van der Waals surface area contributed by atoms with Gasteiger partial charge in [0.25, 0.3) is 0 Å². The van der Waals surface area contributed by atoms with Crippen LogP contribution in [0, 0.1) is 0 Å². The Balaban J connectivity index is 1.61. The highest BCUT2D eigenvalue weighted by molar-refractivity contribution is 6.15. The van der Waals surface area contributed by atoms with Gasteiger partial charge < -0.3 is 23.7 Å². The van der Waals surface area contributed by atoms with Crippen molar-refractivity contribution in [2.24, 2.45) is 4.99 Å². The molecule has 1 fully saturated rings. The minimum atomic E-state index is -0.237. The van der Waals surface area contributed by atoms with Gasteiger partial charge in [-0.05, 0) is 62.1 Å². The predicted molar refractivity (Wildman–Crippen MR) is 118 cm³/mol. The Bertz CT molecular complexity index is 1080. The first kappa shape index (κ1) is 20.7. The summed E-state index contributed by atoms with van der Waals surface area (Å²) in [5, 5.41) is 0. The normalized spacial score (nSPS) is 23.0. The maximum absolute atomic E-state index is 11.6. The number of rotatable bonds is 5. The summed E-state index contributed by atoms with van der Waals surface area (Å²) in [6, 6.07) is 10.1. The van der Waals surface area contributed by atoms with E-state index in [1.165, 1.54) is 6.92 Å². The summed E-state index contributed by atoms with van der Waals surface area (Å²) >= 11 is 0. The molecule has 0 aromatic heterocycles. The molecule has 2 aromatic carbocycles. The maximum atomic E-state index is 11.6. The number of hydrogen-bond donors (Lipinski definition) is 0. The van der Waals surface area contributed by atoms with Crippen LogP contribution in [-0.2, 0) is 9.53 Å². The van der Waals surface area contributed by atoms with Crippen molar-refractivity contribution < 1.29 is 28.5 Å². The molecule has 0 saturated heterocycles. The van der Waals surface area contributed by atoms with Gasteiger partial charge in [0.15, 0.2) is 23.0 Å². The third kappa shape index (κ3) is 3.66. The topological polar surface area (TPSA) is 75.6 Å². The van der Waals surface area contributed by atoms with Gasteiger partial charge in [-0.15, -0.1) is 0 Å². The first-order chi connectivity index (χ1) is 15.6. The molecule has 2 heterocycles. The summed E-state index contributed by atoms with van der Waals surface area (Å²) in [6.07, 6.45) is 2.31. The molecule has 1 saturated carbocycles. The minimum Gasteiger partial charge on any atom is -0.493 e. The Kier molecular flexibility index (Phi) is 5.41. The largest absolute Gasteiger partial charge is 0.493 e. The Hall–Kier alpha value is -3.22. The van der Waals surface area contributed by atoms with E-state index in [9.17, 15) is 4.79 Å². The predicted octanol–water partition coefficient (Wildman–Crippen LogP) is 4.24. The zero-order valence-corrected chi connectivity index (χ0v) is 18.6. The molecule has 3 aliphatic rings. The number of aliphatic imine (C=N–C) groups is 1. The lowest BCUT2D eigenvalue weighted by atomic mass is 9.74. The first-order valence-electron chi connectivity index (χ1n) is 11.1. The maximum Gasteiger partial charge on any atom is 0.302 e. The molecule has 3 unspecified atom stereocenters. The van der Waals surface area contributed by atoms with Gasteiger partial charge in [-0.1, -0.05) is 0 Å². The lowest BCUT2D eigenvalue weighted by Crippen LogP contribution is -2.36. The van der Waals surface area contributed by atoms with E-state index in [0.29, 0.717) is 18.1 Å². The zero-order chi connectivity index (χ0) is 22.2. The van der Waals surface area contributed by atoms with Crippen LogP contribution in [0.4, 0.5) is 0 Å². The van der Waals surface area contributed by atoms with Crippen molar-refractivity contribution >= 4 is 11.7 Å².